The first-order valence-electron chi connectivity index (χ1n) is 12.2. The zero-order chi connectivity index (χ0) is 21.1. The third-order valence-electron chi connectivity index (χ3n) is 11.7. The lowest BCUT2D eigenvalue weighted by Crippen LogP contribution is -2.60. The van der Waals surface area contributed by atoms with Gasteiger partial charge in [-0.25, -0.2) is 4.79 Å². The summed E-state index contributed by atoms with van der Waals surface area (Å²) in [5.74, 6) is 2.12. The van der Waals surface area contributed by atoms with Gasteiger partial charge in [0, 0.05) is 17.4 Å². The van der Waals surface area contributed by atoms with Crippen LogP contribution in [0.5, 0.6) is 0 Å². The summed E-state index contributed by atoms with van der Waals surface area (Å²) in [7, 11) is 0. The minimum atomic E-state index is -0.114. The number of hydrogen-bond acceptors (Lipinski definition) is 4. The second kappa shape index (κ2) is 5.72. The lowest BCUT2D eigenvalue weighted by atomic mass is 9.42. The van der Waals surface area contributed by atoms with E-state index in [0.717, 1.165) is 25.7 Å². The van der Waals surface area contributed by atoms with Crippen molar-refractivity contribution < 1.29 is 19.1 Å². The fraction of sp³-hybridized carbons (Fsp3) is 0.846. The molecule has 0 amide bonds. The number of hydrogen-bond donors (Lipinski definition) is 0. The molecule has 30 heavy (non-hydrogen) atoms. The van der Waals surface area contributed by atoms with Gasteiger partial charge in [0.25, 0.3) is 6.47 Å². The molecule has 5 saturated carbocycles. The molecule has 0 aromatic rings. The van der Waals surface area contributed by atoms with E-state index in [4.69, 9.17) is 9.47 Å². The highest BCUT2D eigenvalue weighted by Gasteiger charge is 2.83. The molecule has 9 unspecified atom stereocenters. The van der Waals surface area contributed by atoms with Crippen LogP contribution in [0.1, 0.15) is 79.1 Å². The molecule has 4 nitrogen and oxygen atoms in total. The average molecular weight is 413 g/mol. The van der Waals surface area contributed by atoms with Gasteiger partial charge in [0.1, 0.15) is 12.2 Å². The molecule has 0 radical (unpaired) electrons. The van der Waals surface area contributed by atoms with Gasteiger partial charge in [-0.3, -0.25) is 4.79 Å². The summed E-state index contributed by atoms with van der Waals surface area (Å²) in [5.41, 5.74) is 2.39. The quantitative estimate of drug-likeness (QED) is 0.480. The van der Waals surface area contributed by atoms with Crippen molar-refractivity contribution in [3.63, 3.8) is 0 Å². The minimum Gasteiger partial charge on any atom is -0.465 e. The highest BCUT2D eigenvalue weighted by atomic mass is 16.5. The second-order valence-electron chi connectivity index (χ2n) is 12.3. The zero-order valence-electron chi connectivity index (χ0n) is 18.9. The first kappa shape index (κ1) is 19.4. The van der Waals surface area contributed by atoms with E-state index in [1.165, 1.54) is 31.3 Å². The Balaban J connectivity index is 1.46. The van der Waals surface area contributed by atoms with Gasteiger partial charge in [0.05, 0.1) is 0 Å². The van der Waals surface area contributed by atoms with Crippen molar-refractivity contribution in [2.45, 2.75) is 91.3 Å². The number of rotatable bonds is 3. The van der Waals surface area contributed by atoms with E-state index in [-0.39, 0.29) is 29.0 Å². The molecule has 0 N–H and O–H groups in total. The largest absolute Gasteiger partial charge is 0.465 e. The van der Waals surface area contributed by atoms with Gasteiger partial charge in [-0.1, -0.05) is 33.3 Å². The normalized spacial score (nSPS) is 55.4. The molecule has 0 aromatic carbocycles. The van der Waals surface area contributed by atoms with Crippen LogP contribution in [0.15, 0.2) is 11.6 Å². The Bertz CT molecular complexity index is 846. The van der Waals surface area contributed by atoms with E-state index in [2.05, 4.69) is 27.7 Å². The summed E-state index contributed by atoms with van der Waals surface area (Å²) in [4.78, 5) is 23.9. The van der Waals surface area contributed by atoms with Gasteiger partial charge in [-0.2, -0.15) is 0 Å². The molecular weight excluding hydrogens is 376 g/mol. The smallest absolute Gasteiger partial charge is 0.331 e. The Labute approximate surface area is 180 Å². The molecule has 5 aliphatic carbocycles. The number of allylic oxidation sites excluding steroid dienone is 1. The number of carbonyl (C=O) groups excluding carboxylic acids is 2. The molecule has 0 aromatic heterocycles. The number of ether oxygens (including phenoxy) is 2. The van der Waals surface area contributed by atoms with Crippen LogP contribution in [0.25, 0.3) is 0 Å². The Morgan fingerprint density at radius 2 is 1.97 bits per heavy atom. The average Bonchev–Trinajstić information content (AvgIpc) is 3.30. The topological polar surface area (TPSA) is 52.6 Å². The Kier molecular flexibility index (Phi) is 3.69. The lowest BCUT2D eigenvalue weighted by molar-refractivity contribution is -0.186. The van der Waals surface area contributed by atoms with Gasteiger partial charge >= 0.3 is 5.97 Å². The van der Waals surface area contributed by atoms with E-state index in [1.54, 1.807) is 0 Å². The first-order chi connectivity index (χ1) is 14.2. The van der Waals surface area contributed by atoms with Gasteiger partial charge in [-0.15, -0.1) is 0 Å². The van der Waals surface area contributed by atoms with E-state index >= 15 is 0 Å². The molecule has 9 atom stereocenters. The van der Waals surface area contributed by atoms with Crippen molar-refractivity contribution >= 4 is 12.4 Å². The molecule has 4 heteroatoms. The molecule has 0 bridgehead atoms. The van der Waals surface area contributed by atoms with Crippen molar-refractivity contribution in [3.8, 4) is 0 Å². The highest BCUT2D eigenvalue weighted by molar-refractivity contribution is 5.84. The molecular formula is C26H36O4. The molecule has 1 aliphatic heterocycles. The summed E-state index contributed by atoms with van der Waals surface area (Å²) >= 11 is 0. The second-order valence-corrected chi connectivity index (χ2v) is 12.3. The van der Waals surface area contributed by atoms with Crippen LogP contribution in [-0.2, 0) is 19.1 Å². The zero-order valence-corrected chi connectivity index (χ0v) is 18.9. The Hall–Kier alpha value is -1.32. The van der Waals surface area contributed by atoms with E-state index in [1.807, 2.05) is 6.08 Å². The maximum atomic E-state index is 12.9. The lowest BCUT2D eigenvalue weighted by Gasteiger charge is -2.62. The summed E-state index contributed by atoms with van der Waals surface area (Å²) in [6.07, 6.45) is 10.9. The maximum absolute atomic E-state index is 12.9. The monoisotopic (exact) mass is 412 g/mol. The van der Waals surface area contributed by atoms with Crippen LogP contribution >= 0.6 is 0 Å². The molecule has 6 rings (SSSR count). The minimum absolute atomic E-state index is 0.0115. The molecule has 5 fully saturated rings. The fourth-order valence-corrected chi connectivity index (χ4v) is 10.4. The first-order valence-corrected chi connectivity index (χ1v) is 12.2. The van der Waals surface area contributed by atoms with Crippen LogP contribution in [-0.4, -0.2) is 24.6 Å². The van der Waals surface area contributed by atoms with Crippen LogP contribution < -0.4 is 0 Å². The molecule has 6 aliphatic rings. The van der Waals surface area contributed by atoms with Gasteiger partial charge < -0.3 is 9.47 Å². The summed E-state index contributed by atoms with van der Waals surface area (Å²) in [5, 5.41) is 0. The van der Waals surface area contributed by atoms with E-state index in [0.29, 0.717) is 41.0 Å². The van der Waals surface area contributed by atoms with Crippen LogP contribution in [0.3, 0.4) is 0 Å². The van der Waals surface area contributed by atoms with Crippen molar-refractivity contribution in [2.75, 3.05) is 0 Å². The standard InChI is InChI=1S/C26H36O4/c1-15(2)19-10-16-12-21(28)30-20-11-17-9-18(29-14-27)5-6-25(17)13-26(25)8-7-23(19,3)24(16,4)22(20)26/h12,14-15,17-20,22H,5-11,13H2,1-4H3. The van der Waals surface area contributed by atoms with Crippen LogP contribution in [0.2, 0.25) is 0 Å². The summed E-state index contributed by atoms with van der Waals surface area (Å²) in [6, 6.07) is 0. The number of carbonyl (C=O) groups is 2. The third-order valence-corrected chi connectivity index (χ3v) is 11.7. The predicted molar refractivity (Wildman–Crippen MR) is 112 cm³/mol. The van der Waals surface area contributed by atoms with Crippen LogP contribution in [0.4, 0.5) is 0 Å². The van der Waals surface area contributed by atoms with Crippen molar-refractivity contribution in [2.24, 2.45) is 45.3 Å². The molecule has 164 valence electrons. The van der Waals surface area contributed by atoms with Crippen molar-refractivity contribution in [1.29, 1.82) is 0 Å². The molecule has 1 heterocycles. The maximum Gasteiger partial charge on any atom is 0.331 e. The third kappa shape index (κ3) is 1.96. The summed E-state index contributed by atoms with van der Waals surface area (Å²) in [6.45, 7) is 10.4. The molecule has 0 saturated heterocycles. The van der Waals surface area contributed by atoms with E-state index < -0.39 is 0 Å². The summed E-state index contributed by atoms with van der Waals surface area (Å²) < 4.78 is 11.6. The fourth-order valence-electron chi connectivity index (χ4n) is 10.4. The van der Waals surface area contributed by atoms with Crippen molar-refractivity contribution in [3.05, 3.63) is 11.6 Å². The highest BCUT2D eigenvalue weighted by Crippen LogP contribution is 2.88. The molecule has 2 spiro atoms. The Morgan fingerprint density at radius 3 is 2.70 bits per heavy atom. The van der Waals surface area contributed by atoms with Gasteiger partial charge in [0.2, 0.25) is 0 Å². The van der Waals surface area contributed by atoms with Gasteiger partial charge in [-0.05, 0) is 85.4 Å². The SMILES string of the molecule is CC(C)C1CC2=CC(=O)OC3CC4CC(OC=O)CCC45CC54CCC1(C)C2(C)C34. The Morgan fingerprint density at radius 1 is 1.17 bits per heavy atom. The number of esters is 1. The van der Waals surface area contributed by atoms with Gasteiger partial charge in [0.15, 0.2) is 0 Å². The van der Waals surface area contributed by atoms with Crippen LogP contribution in [0, 0.1) is 45.3 Å². The van der Waals surface area contributed by atoms with E-state index in [9.17, 15) is 9.59 Å². The van der Waals surface area contributed by atoms with Crippen molar-refractivity contribution in [1.82, 2.24) is 0 Å². The predicted octanol–water partition coefficient (Wildman–Crippen LogP) is 5.06.